The Bertz CT molecular complexity index is 660. The highest BCUT2D eigenvalue weighted by Crippen LogP contribution is 2.31. The number of amides is 1. The minimum absolute atomic E-state index is 0.0825. The van der Waals surface area contributed by atoms with Gasteiger partial charge in [-0.2, -0.15) is 0 Å². The first-order valence-corrected chi connectivity index (χ1v) is 8.49. The van der Waals surface area contributed by atoms with Crippen molar-refractivity contribution < 1.29 is 9.18 Å². The maximum absolute atomic E-state index is 13.0. The number of benzene rings is 1. The molecule has 1 heterocycles. The third-order valence-electron chi connectivity index (χ3n) is 4.12. The summed E-state index contributed by atoms with van der Waals surface area (Å²) in [6.07, 6.45) is 5.45. The third kappa shape index (κ3) is 3.35. The van der Waals surface area contributed by atoms with Gasteiger partial charge in [-0.1, -0.05) is 19.3 Å². The first-order chi connectivity index (χ1) is 10.6. The zero-order chi connectivity index (χ0) is 15.5. The summed E-state index contributed by atoms with van der Waals surface area (Å²) in [4.78, 5) is 17.8. The summed E-state index contributed by atoms with van der Waals surface area (Å²) in [5.41, 5.74) is 1.68. The van der Waals surface area contributed by atoms with Gasteiger partial charge in [-0.05, 0) is 44.0 Å². The highest BCUT2D eigenvalue weighted by atomic mass is 32.1. The normalized spacial score (nSPS) is 15.7. The van der Waals surface area contributed by atoms with Gasteiger partial charge >= 0.3 is 0 Å². The van der Waals surface area contributed by atoms with E-state index in [1.807, 2.05) is 6.92 Å². The molecule has 0 spiro atoms. The summed E-state index contributed by atoms with van der Waals surface area (Å²) in [5.74, 6) is -0.0613. The molecule has 1 aliphatic carbocycles. The Morgan fingerprint density at radius 3 is 2.59 bits per heavy atom. The summed E-state index contributed by atoms with van der Waals surface area (Å²) < 4.78 is 13.0. The quantitative estimate of drug-likeness (QED) is 0.885. The fraction of sp³-hybridized carbons (Fsp3) is 0.412. The number of carbonyl (C=O) groups is 1. The van der Waals surface area contributed by atoms with Crippen molar-refractivity contribution in [3.63, 3.8) is 0 Å². The molecule has 1 aromatic carbocycles. The van der Waals surface area contributed by atoms with Crippen LogP contribution in [0, 0.1) is 18.7 Å². The Kier molecular flexibility index (Phi) is 4.52. The zero-order valence-corrected chi connectivity index (χ0v) is 13.4. The number of nitrogens with zero attached hydrogens (tertiary/aromatic N) is 1. The van der Waals surface area contributed by atoms with E-state index in [1.54, 1.807) is 12.1 Å². The predicted octanol–water partition coefficient (Wildman–Crippen LogP) is 4.78. The van der Waals surface area contributed by atoms with E-state index in [0.717, 1.165) is 41.8 Å². The second kappa shape index (κ2) is 6.57. The van der Waals surface area contributed by atoms with Gasteiger partial charge in [-0.15, -0.1) is 11.3 Å². The SMILES string of the molecule is Cc1sc(NC(=O)C2CCCCC2)nc1-c1ccc(F)cc1. The third-order valence-corrected chi connectivity index (χ3v) is 5.01. The second-order valence-electron chi connectivity index (χ2n) is 5.75. The van der Waals surface area contributed by atoms with Gasteiger partial charge in [0.15, 0.2) is 5.13 Å². The molecule has 22 heavy (non-hydrogen) atoms. The summed E-state index contributed by atoms with van der Waals surface area (Å²) >= 11 is 1.47. The highest BCUT2D eigenvalue weighted by molar-refractivity contribution is 7.16. The molecule has 0 bridgehead atoms. The van der Waals surface area contributed by atoms with Gasteiger partial charge in [0.05, 0.1) is 5.69 Å². The molecule has 3 rings (SSSR count). The first-order valence-electron chi connectivity index (χ1n) is 7.68. The Morgan fingerprint density at radius 1 is 1.23 bits per heavy atom. The molecule has 3 nitrogen and oxygen atoms in total. The van der Waals surface area contributed by atoms with Crippen LogP contribution in [0.5, 0.6) is 0 Å². The molecule has 0 unspecified atom stereocenters. The molecule has 0 radical (unpaired) electrons. The van der Waals surface area contributed by atoms with Crippen LogP contribution in [-0.4, -0.2) is 10.9 Å². The van der Waals surface area contributed by atoms with Gasteiger partial charge in [0.2, 0.25) is 5.91 Å². The molecule has 0 aliphatic heterocycles. The molecule has 5 heteroatoms. The van der Waals surface area contributed by atoms with E-state index in [-0.39, 0.29) is 17.6 Å². The topological polar surface area (TPSA) is 42.0 Å². The smallest absolute Gasteiger partial charge is 0.229 e. The number of hydrogen-bond donors (Lipinski definition) is 1. The van der Waals surface area contributed by atoms with Crippen LogP contribution in [0.3, 0.4) is 0 Å². The van der Waals surface area contributed by atoms with Crippen molar-refractivity contribution >= 4 is 22.4 Å². The van der Waals surface area contributed by atoms with Gasteiger partial charge in [0, 0.05) is 16.4 Å². The van der Waals surface area contributed by atoms with E-state index in [2.05, 4.69) is 10.3 Å². The molecule has 0 saturated heterocycles. The summed E-state index contributed by atoms with van der Waals surface area (Å²) in [6.45, 7) is 1.96. The van der Waals surface area contributed by atoms with Gasteiger partial charge in [-0.25, -0.2) is 9.37 Å². The minimum Gasteiger partial charge on any atom is -0.302 e. The standard InChI is InChI=1S/C17H19FN2OS/c1-11-15(12-7-9-14(18)10-8-12)19-17(22-11)20-16(21)13-5-3-2-4-6-13/h7-10,13H,2-6H2,1H3,(H,19,20,21). The van der Waals surface area contributed by atoms with Gasteiger partial charge in [-0.3, -0.25) is 4.79 Å². The summed E-state index contributed by atoms with van der Waals surface area (Å²) in [7, 11) is 0. The molecule has 0 atom stereocenters. The number of aryl methyl sites for hydroxylation is 1. The molecule has 1 fully saturated rings. The van der Waals surface area contributed by atoms with E-state index in [0.29, 0.717) is 5.13 Å². The van der Waals surface area contributed by atoms with Crippen molar-refractivity contribution in [2.75, 3.05) is 5.32 Å². The van der Waals surface area contributed by atoms with E-state index in [4.69, 9.17) is 0 Å². The fourth-order valence-electron chi connectivity index (χ4n) is 2.90. The Balaban J connectivity index is 1.74. The van der Waals surface area contributed by atoms with E-state index in [9.17, 15) is 9.18 Å². The fourth-order valence-corrected chi connectivity index (χ4v) is 3.74. The number of aromatic nitrogens is 1. The Labute approximate surface area is 133 Å². The van der Waals surface area contributed by atoms with Crippen LogP contribution < -0.4 is 5.32 Å². The first kappa shape index (κ1) is 15.2. The lowest BCUT2D eigenvalue weighted by molar-refractivity contribution is -0.120. The number of anilines is 1. The summed E-state index contributed by atoms with van der Waals surface area (Å²) in [5, 5.41) is 3.58. The molecule has 1 aliphatic rings. The molecule has 116 valence electrons. The van der Waals surface area contributed by atoms with Crippen molar-refractivity contribution in [3.8, 4) is 11.3 Å². The number of carbonyl (C=O) groups excluding carboxylic acids is 1. The maximum Gasteiger partial charge on any atom is 0.229 e. The van der Waals surface area contributed by atoms with Crippen LogP contribution in [0.2, 0.25) is 0 Å². The van der Waals surface area contributed by atoms with Crippen molar-refractivity contribution in [3.05, 3.63) is 35.0 Å². The number of nitrogens with one attached hydrogen (secondary N) is 1. The average Bonchev–Trinajstić information content (AvgIpc) is 2.89. The van der Waals surface area contributed by atoms with Gasteiger partial charge in [0.25, 0.3) is 0 Å². The molecule has 1 saturated carbocycles. The average molecular weight is 318 g/mol. The van der Waals surface area contributed by atoms with E-state index < -0.39 is 0 Å². The number of hydrogen-bond acceptors (Lipinski definition) is 3. The monoisotopic (exact) mass is 318 g/mol. The molecule has 1 aromatic heterocycles. The molecule has 2 aromatic rings. The molecular formula is C17H19FN2OS. The van der Waals surface area contributed by atoms with Crippen LogP contribution in [-0.2, 0) is 4.79 Å². The maximum atomic E-state index is 13.0. The molecule has 1 amide bonds. The van der Waals surface area contributed by atoms with Crippen molar-refractivity contribution in [2.24, 2.45) is 5.92 Å². The van der Waals surface area contributed by atoms with Crippen molar-refractivity contribution in [1.82, 2.24) is 4.98 Å². The number of thiazole rings is 1. The largest absolute Gasteiger partial charge is 0.302 e. The number of halogens is 1. The zero-order valence-electron chi connectivity index (χ0n) is 12.6. The Morgan fingerprint density at radius 2 is 1.91 bits per heavy atom. The van der Waals surface area contributed by atoms with Gasteiger partial charge in [0.1, 0.15) is 5.82 Å². The minimum atomic E-state index is -0.262. The molecule has 1 N–H and O–H groups in total. The van der Waals surface area contributed by atoms with Crippen LogP contribution in [0.15, 0.2) is 24.3 Å². The number of rotatable bonds is 3. The molecular weight excluding hydrogens is 299 g/mol. The van der Waals surface area contributed by atoms with Crippen LogP contribution in [0.1, 0.15) is 37.0 Å². The van der Waals surface area contributed by atoms with Gasteiger partial charge < -0.3 is 5.32 Å². The second-order valence-corrected chi connectivity index (χ2v) is 6.96. The summed E-state index contributed by atoms with van der Waals surface area (Å²) in [6, 6.07) is 6.27. The van der Waals surface area contributed by atoms with Crippen LogP contribution in [0.4, 0.5) is 9.52 Å². The van der Waals surface area contributed by atoms with Crippen LogP contribution in [0.25, 0.3) is 11.3 Å². The van der Waals surface area contributed by atoms with Crippen molar-refractivity contribution in [2.45, 2.75) is 39.0 Å². The highest BCUT2D eigenvalue weighted by Gasteiger charge is 2.22. The lowest BCUT2D eigenvalue weighted by atomic mass is 9.89. The predicted molar refractivity (Wildman–Crippen MR) is 87.4 cm³/mol. The van der Waals surface area contributed by atoms with E-state index >= 15 is 0 Å². The lowest BCUT2D eigenvalue weighted by Crippen LogP contribution is -2.24. The van der Waals surface area contributed by atoms with Crippen LogP contribution >= 0.6 is 11.3 Å². The Hall–Kier alpha value is -1.75. The van der Waals surface area contributed by atoms with Crippen molar-refractivity contribution in [1.29, 1.82) is 0 Å². The van der Waals surface area contributed by atoms with E-state index in [1.165, 1.54) is 29.9 Å². The lowest BCUT2D eigenvalue weighted by Gasteiger charge is -2.19.